The molecule has 1 aliphatic rings. The second-order valence-corrected chi connectivity index (χ2v) is 10.9. The van der Waals surface area contributed by atoms with Gasteiger partial charge >= 0.3 is 0 Å². The molecule has 0 fully saturated rings. The summed E-state index contributed by atoms with van der Waals surface area (Å²) in [7, 11) is -1.85. The van der Waals surface area contributed by atoms with Crippen molar-refractivity contribution in [2.75, 3.05) is 29.5 Å². The number of fused-ring (bicyclic) bond motifs is 2. The Labute approximate surface area is 218 Å². The van der Waals surface area contributed by atoms with Crippen LogP contribution in [0.25, 0.3) is 21.9 Å². The zero-order valence-electron chi connectivity index (χ0n) is 22.0. The first-order chi connectivity index (χ1) is 17.5. The standard InChI is InChI=1S/C26H27N3O5S.C2H6/c1-26(2)15-34-25-22(13-21(14-23(25)26)29(16-30)10-9-24(31)27-3)19-6-5-18-12-20(28-35(4,32)33)8-7-17(18)11-19;1-2/h5-14,16,28H,15H2,1-4H3,(H,27,31);1-2H3/b10-9-;. The molecule has 37 heavy (non-hydrogen) atoms. The van der Waals surface area contributed by atoms with E-state index >= 15 is 0 Å². The summed E-state index contributed by atoms with van der Waals surface area (Å²) >= 11 is 0. The quantitative estimate of drug-likeness (QED) is 0.342. The largest absolute Gasteiger partial charge is 0.492 e. The van der Waals surface area contributed by atoms with Crippen molar-refractivity contribution in [3.8, 4) is 16.9 Å². The van der Waals surface area contributed by atoms with Crippen LogP contribution in [0.4, 0.5) is 11.4 Å². The highest BCUT2D eigenvalue weighted by molar-refractivity contribution is 7.92. The van der Waals surface area contributed by atoms with Gasteiger partial charge in [0.05, 0.1) is 12.9 Å². The van der Waals surface area contributed by atoms with Crippen LogP contribution in [0.1, 0.15) is 33.3 Å². The van der Waals surface area contributed by atoms with Crippen LogP contribution in [0.2, 0.25) is 0 Å². The van der Waals surface area contributed by atoms with Crippen LogP contribution in [0, 0.1) is 0 Å². The van der Waals surface area contributed by atoms with Crippen molar-refractivity contribution >= 4 is 44.5 Å². The lowest BCUT2D eigenvalue weighted by molar-refractivity contribution is -0.116. The number of benzene rings is 3. The van der Waals surface area contributed by atoms with E-state index in [1.807, 2.05) is 50.2 Å². The maximum absolute atomic E-state index is 11.9. The minimum Gasteiger partial charge on any atom is -0.492 e. The third kappa shape index (κ3) is 6.29. The second kappa shape index (κ2) is 11.0. The van der Waals surface area contributed by atoms with Gasteiger partial charge in [0.15, 0.2) is 0 Å². The normalized spacial score (nSPS) is 13.8. The summed E-state index contributed by atoms with van der Waals surface area (Å²) in [5.41, 5.74) is 3.52. The second-order valence-electron chi connectivity index (χ2n) is 9.14. The van der Waals surface area contributed by atoms with Crippen LogP contribution < -0.4 is 19.7 Å². The molecule has 0 spiro atoms. The SMILES string of the molecule is CC.CNC(=O)/C=C\N(C=O)c1cc(-c2ccc3cc(NS(C)(=O)=O)ccc3c2)c2c(c1)C(C)(C)CO2. The lowest BCUT2D eigenvalue weighted by Gasteiger charge is -2.20. The number of nitrogens with one attached hydrogen (secondary N) is 2. The molecule has 0 radical (unpaired) electrons. The van der Waals surface area contributed by atoms with Gasteiger partial charge in [-0.3, -0.25) is 19.2 Å². The summed E-state index contributed by atoms with van der Waals surface area (Å²) in [5, 5.41) is 4.29. The molecule has 0 aliphatic carbocycles. The van der Waals surface area contributed by atoms with E-state index in [9.17, 15) is 18.0 Å². The van der Waals surface area contributed by atoms with Crippen molar-refractivity contribution in [1.82, 2.24) is 5.32 Å². The Balaban J connectivity index is 0.00000186. The van der Waals surface area contributed by atoms with Crippen molar-refractivity contribution in [2.45, 2.75) is 33.1 Å². The third-order valence-corrected chi connectivity index (χ3v) is 6.49. The summed E-state index contributed by atoms with van der Waals surface area (Å²) in [4.78, 5) is 24.9. The fraction of sp³-hybridized carbons (Fsp3) is 0.286. The van der Waals surface area contributed by atoms with Crippen molar-refractivity contribution in [2.24, 2.45) is 0 Å². The predicted octanol–water partition coefficient (Wildman–Crippen LogP) is 4.80. The summed E-state index contributed by atoms with van der Waals surface area (Å²) < 4.78 is 31.7. The van der Waals surface area contributed by atoms with Crippen LogP contribution in [0.5, 0.6) is 5.75 Å². The highest BCUT2D eigenvalue weighted by Gasteiger charge is 2.34. The van der Waals surface area contributed by atoms with Crippen molar-refractivity contribution in [3.63, 3.8) is 0 Å². The van der Waals surface area contributed by atoms with Crippen molar-refractivity contribution in [1.29, 1.82) is 0 Å². The lowest BCUT2D eigenvalue weighted by Crippen LogP contribution is -2.20. The summed E-state index contributed by atoms with van der Waals surface area (Å²) in [6.07, 6.45) is 4.49. The number of hydrogen-bond acceptors (Lipinski definition) is 5. The first-order valence-electron chi connectivity index (χ1n) is 12.0. The fourth-order valence-electron chi connectivity index (χ4n) is 4.07. The molecule has 8 nitrogen and oxygen atoms in total. The highest BCUT2D eigenvalue weighted by Crippen LogP contribution is 2.47. The zero-order valence-corrected chi connectivity index (χ0v) is 22.8. The van der Waals surface area contributed by atoms with Gasteiger partial charge in [0, 0.05) is 47.2 Å². The molecule has 2 N–H and O–H groups in total. The first-order valence-corrected chi connectivity index (χ1v) is 13.9. The molecule has 196 valence electrons. The number of ether oxygens (including phenoxy) is 1. The van der Waals surface area contributed by atoms with E-state index in [1.165, 1.54) is 24.2 Å². The van der Waals surface area contributed by atoms with E-state index < -0.39 is 10.0 Å². The molecule has 2 amide bonds. The Morgan fingerprint density at radius 2 is 1.73 bits per heavy atom. The lowest BCUT2D eigenvalue weighted by atomic mass is 9.84. The van der Waals surface area contributed by atoms with Crippen molar-refractivity contribution in [3.05, 3.63) is 66.4 Å². The van der Waals surface area contributed by atoms with Crippen molar-refractivity contribution < 1.29 is 22.7 Å². The molecule has 9 heteroatoms. The molecule has 0 bridgehead atoms. The minimum atomic E-state index is -3.37. The van der Waals surface area contributed by atoms with E-state index in [2.05, 4.69) is 23.9 Å². The van der Waals surface area contributed by atoms with Gasteiger partial charge in [-0.1, -0.05) is 45.9 Å². The number of nitrogens with zero attached hydrogens (tertiary/aromatic N) is 1. The van der Waals surface area contributed by atoms with Crippen LogP contribution in [0.3, 0.4) is 0 Å². The molecule has 4 rings (SSSR count). The first kappa shape index (κ1) is 27.7. The van der Waals surface area contributed by atoms with Crippen LogP contribution >= 0.6 is 0 Å². The van der Waals surface area contributed by atoms with Gasteiger partial charge < -0.3 is 10.1 Å². The maximum atomic E-state index is 11.9. The Morgan fingerprint density at radius 1 is 1.05 bits per heavy atom. The van der Waals surface area contributed by atoms with Crippen LogP contribution in [-0.2, 0) is 25.0 Å². The summed E-state index contributed by atoms with van der Waals surface area (Å²) in [5.74, 6) is 0.441. The number of sulfonamides is 1. The van der Waals surface area contributed by atoms with Gasteiger partial charge in [-0.25, -0.2) is 8.42 Å². The molecule has 3 aromatic rings. The number of amides is 2. The number of carbonyl (C=O) groups is 2. The number of rotatable bonds is 7. The third-order valence-electron chi connectivity index (χ3n) is 5.88. The number of anilines is 2. The molecule has 0 unspecified atom stereocenters. The van der Waals surface area contributed by atoms with E-state index in [0.29, 0.717) is 24.4 Å². The van der Waals surface area contributed by atoms with Gasteiger partial charge in [0.2, 0.25) is 22.3 Å². The zero-order chi connectivity index (χ0) is 27.4. The molecule has 1 aliphatic heterocycles. The highest BCUT2D eigenvalue weighted by atomic mass is 32.2. The average molecular weight is 524 g/mol. The smallest absolute Gasteiger partial charge is 0.245 e. The molecule has 0 saturated carbocycles. The molecule has 0 aromatic heterocycles. The molecule has 3 aromatic carbocycles. The maximum Gasteiger partial charge on any atom is 0.245 e. The monoisotopic (exact) mass is 523 g/mol. The molecule has 0 atom stereocenters. The topological polar surface area (TPSA) is 105 Å². The van der Waals surface area contributed by atoms with Gasteiger partial charge in [-0.2, -0.15) is 0 Å². The van der Waals surface area contributed by atoms with Crippen LogP contribution in [0.15, 0.2) is 60.8 Å². The van der Waals surface area contributed by atoms with E-state index in [1.54, 1.807) is 12.1 Å². The Morgan fingerprint density at radius 3 is 2.38 bits per heavy atom. The number of hydrogen-bond donors (Lipinski definition) is 2. The van der Waals surface area contributed by atoms with E-state index in [-0.39, 0.29) is 11.3 Å². The molecule has 0 saturated heterocycles. The van der Waals surface area contributed by atoms with Gasteiger partial charge in [-0.05, 0) is 46.7 Å². The van der Waals surface area contributed by atoms with Gasteiger partial charge in [-0.15, -0.1) is 0 Å². The van der Waals surface area contributed by atoms with E-state index in [4.69, 9.17) is 4.74 Å². The summed E-state index contributed by atoms with van der Waals surface area (Å²) in [6, 6.07) is 15.0. The van der Waals surface area contributed by atoms with Gasteiger partial charge in [0.1, 0.15) is 5.75 Å². The Kier molecular flexibility index (Phi) is 8.28. The van der Waals surface area contributed by atoms with Gasteiger partial charge in [0.25, 0.3) is 0 Å². The minimum absolute atomic E-state index is 0.262. The Bertz CT molecular complexity index is 1460. The molecular formula is C28H33N3O5S. The van der Waals surface area contributed by atoms with Crippen LogP contribution in [-0.4, -0.2) is 40.6 Å². The average Bonchev–Trinajstić information content (AvgIpc) is 3.18. The molecular weight excluding hydrogens is 490 g/mol. The predicted molar refractivity (Wildman–Crippen MR) is 149 cm³/mol. The van der Waals surface area contributed by atoms with E-state index in [0.717, 1.165) is 39.5 Å². The molecule has 1 heterocycles. The number of likely N-dealkylation sites (N-methyl/N-ethyl adjacent to an activating group) is 1. The Hall–Kier alpha value is -3.85. The summed E-state index contributed by atoms with van der Waals surface area (Å²) in [6.45, 7) is 8.66. The number of carbonyl (C=O) groups excluding carboxylic acids is 2. The fourth-order valence-corrected chi connectivity index (χ4v) is 4.63.